The zero-order valence-corrected chi connectivity index (χ0v) is 13.1. The summed E-state index contributed by atoms with van der Waals surface area (Å²) in [5.74, 6) is 0.644. The van der Waals surface area contributed by atoms with Gasteiger partial charge in [0.15, 0.2) is 0 Å². The molecular formula is C13H18ClNO4S. The molecule has 112 valence electrons. The number of aryl methyl sites for hydroxylation is 1. The monoisotopic (exact) mass is 319 g/mol. The molecule has 1 aliphatic heterocycles. The van der Waals surface area contributed by atoms with Crippen LogP contribution >= 0.6 is 10.7 Å². The van der Waals surface area contributed by atoms with Gasteiger partial charge in [-0.05, 0) is 37.7 Å². The Hall–Kier alpha value is -0.820. The zero-order chi connectivity index (χ0) is 14.8. The Morgan fingerprint density at radius 1 is 1.50 bits per heavy atom. The van der Waals surface area contributed by atoms with Gasteiger partial charge in [0.2, 0.25) is 0 Å². The maximum Gasteiger partial charge on any atom is 0.261 e. The molecule has 7 heteroatoms. The molecule has 20 heavy (non-hydrogen) atoms. The summed E-state index contributed by atoms with van der Waals surface area (Å²) in [6, 6.07) is 4.57. The van der Waals surface area contributed by atoms with Gasteiger partial charge in [0.25, 0.3) is 9.05 Å². The highest BCUT2D eigenvalue weighted by Crippen LogP contribution is 2.24. The van der Waals surface area contributed by atoms with Crippen LogP contribution in [0.3, 0.4) is 0 Å². The summed E-state index contributed by atoms with van der Waals surface area (Å²) in [5.41, 5.74) is 0.732. The van der Waals surface area contributed by atoms with Crippen molar-refractivity contribution >= 4 is 19.7 Å². The van der Waals surface area contributed by atoms with Crippen LogP contribution in [0.15, 0.2) is 23.1 Å². The van der Waals surface area contributed by atoms with Crippen LogP contribution in [0.5, 0.6) is 5.75 Å². The second-order valence-electron chi connectivity index (χ2n) is 4.93. The van der Waals surface area contributed by atoms with Crippen molar-refractivity contribution in [2.24, 2.45) is 0 Å². The van der Waals surface area contributed by atoms with E-state index in [1.54, 1.807) is 13.0 Å². The SMILES string of the molecule is Cc1cc(S(=O)(=O)Cl)ccc1OCC1CN(C)CCO1. The standard InChI is InChI=1S/C13H18ClNO4S/c1-10-7-12(20(14,16)17)3-4-13(10)19-9-11-8-15(2)5-6-18-11/h3-4,7,11H,5-6,8-9H2,1-2H3. The quantitative estimate of drug-likeness (QED) is 0.790. The van der Waals surface area contributed by atoms with E-state index in [-0.39, 0.29) is 11.0 Å². The molecule has 0 saturated carbocycles. The second-order valence-corrected chi connectivity index (χ2v) is 7.50. The van der Waals surface area contributed by atoms with Crippen molar-refractivity contribution in [1.29, 1.82) is 0 Å². The maximum absolute atomic E-state index is 11.2. The summed E-state index contributed by atoms with van der Waals surface area (Å²) in [6.07, 6.45) is 0.0320. The molecule has 5 nitrogen and oxygen atoms in total. The number of hydrogen-bond acceptors (Lipinski definition) is 5. The highest BCUT2D eigenvalue weighted by Gasteiger charge is 2.19. The molecule has 1 saturated heterocycles. The minimum absolute atomic E-state index is 0.0320. The molecule has 1 aromatic carbocycles. The maximum atomic E-state index is 11.2. The van der Waals surface area contributed by atoms with E-state index < -0.39 is 9.05 Å². The van der Waals surface area contributed by atoms with E-state index in [1.807, 2.05) is 7.05 Å². The molecular weight excluding hydrogens is 302 g/mol. The van der Waals surface area contributed by atoms with Crippen LogP contribution in [0.2, 0.25) is 0 Å². The van der Waals surface area contributed by atoms with E-state index in [2.05, 4.69) is 4.90 Å². The molecule has 1 atom stereocenters. The average molecular weight is 320 g/mol. The lowest BCUT2D eigenvalue weighted by Crippen LogP contribution is -2.42. The van der Waals surface area contributed by atoms with E-state index in [0.29, 0.717) is 19.0 Å². The van der Waals surface area contributed by atoms with Gasteiger partial charge in [-0.3, -0.25) is 0 Å². The summed E-state index contributed by atoms with van der Waals surface area (Å²) in [7, 11) is 3.65. The Balaban J connectivity index is 2.00. The predicted octanol–water partition coefficient (Wildman–Crippen LogP) is 1.63. The number of nitrogens with zero attached hydrogens (tertiary/aromatic N) is 1. The Morgan fingerprint density at radius 3 is 2.85 bits per heavy atom. The predicted molar refractivity (Wildman–Crippen MR) is 76.9 cm³/mol. The van der Waals surface area contributed by atoms with E-state index in [4.69, 9.17) is 20.2 Å². The number of benzene rings is 1. The first-order valence-corrected chi connectivity index (χ1v) is 8.65. The zero-order valence-electron chi connectivity index (χ0n) is 11.5. The molecule has 2 rings (SSSR count). The van der Waals surface area contributed by atoms with Gasteiger partial charge < -0.3 is 14.4 Å². The number of ether oxygens (including phenoxy) is 2. The third-order valence-electron chi connectivity index (χ3n) is 3.19. The van der Waals surface area contributed by atoms with E-state index in [9.17, 15) is 8.42 Å². The highest BCUT2D eigenvalue weighted by molar-refractivity contribution is 8.13. The molecule has 1 aliphatic rings. The van der Waals surface area contributed by atoms with Gasteiger partial charge in [0, 0.05) is 23.8 Å². The van der Waals surface area contributed by atoms with Crippen LogP contribution in [-0.2, 0) is 13.8 Å². The fraction of sp³-hybridized carbons (Fsp3) is 0.538. The van der Waals surface area contributed by atoms with Crippen molar-refractivity contribution in [3.63, 3.8) is 0 Å². The summed E-state index contributed by atoms with van der Waals surface area (Å²) in [5, 5.41) is 0. The Morgan fingerprint density at radius 2 is 2.25 bits per heavy atom. The van der Waals surface area contributed by atoms with Crippen molar-refractivity contribution in [2.75, 3.05) is 33.4 Å². The summed E-state index contributed by atoms with van der Waals surface area (Å²) in [6.45, 7) is 4.69. The van der Waals surface area contributed by atoms with Gasteiger partial charge in [-0.25, -0.2) is 8.42 Å². The lowest BCUT2D eigenvalue weighted by atomic mass is 10.2. The minimum Gasteiger partial charge on any atom is -0.491 e. The highest BCUT2D eigenvalue weighted by atomic mass is 35.7. The van der Waals surface area contributed by atoms with Crippen LogP contribution in [0.4, 0.5) is 0 Å². The summed E-state index contributed by atoms with van der Waals surface area (Å²) in [4.78, 5) is 2.27. The minimum atomic E-state index is -3.70. The molecule has 1 heterocycles. The van der Waals surface area contributed by atoms with Crippen molar-refractivity contribution in [1.82, 2.24) is 4.90 Å². The van der Waals surface area contributed by atoms with Crippen molar-refractivity contribution in [3.8, 4) is 5.75 Å². The molecule has 0 aliphatic carbocycles. The van der Waals surface area contributed by atoms with Gasteiger partial charge in [-0.1, -0.05) is 0 Å². The number of halogens is 1. The van der Waals surface area contributed by atoms with Gasteiger partial charge in [-0.2, -0.15) is 0 Å². The van der Waals surface area contributed by atoms with Crippen LogP contribution in [0, 0.1) is 6.92 Å². The lowest BCUT2D eigenvalue weighted by Gasteiger charge is -2.30. The number of rotatable bonds is 4. The van der Waals surface area contributed by atoms with Crippen LogP contribution in [-0.4, -0.2) is 52.8 Å². The normalized spacial score (nSPS) is 20.9. The van der Waals surface area contributed by atoms with Gasteiger partial charge in [0.1, 0.15) is 18.5 Å². The molecule has 0 amide bonds. The first-order chi connectivity index (χ1) is 9.36. The smallest absolute Gasteiger partial charge is 0.261 e. The van der Waals surface area contributed by atoms with Crippen LogP contribution < -0.4 is 4.74 Å². The van der Waals surface area contributed by atoms with Crippen LogP contribution in [0.1, 0.15) is 5.56 Å². The molecule has 1 aromatic rings. The first kappa shape index (κ1) is 15.6. The molecule has 0 radical (unpaired) electrons. The van der Waals surface area contributed by atoms with E-state index >= 15 is 0 Å². The largest absolute Gasteiger partial charge is 0.491 e. The molecule has 0 aromatic heterocycles. The van der Waals surface area contributed by atoms with Gasteiger partial charge >= 0.3 is 0 Å². The molecule has 1 unspecified atom stereocenters. The topological polar surface area (TPSA) is 55.8 Å². The van der Waals surface area contributed by atoms with E-state index in [1.165, 1.54) is 12.1 Å². The van der Waals surface area contributed by atoms with Crippen LogP contribution in [0.25, 0.3) is 0 Å². The summed E-state index contributed by atoms with van der Waals surface area (Å²) >= 11 is 0. The fourth-order valence-corrected chi connectivity index (χ4v) is 2.92. The fourth-order valence-electron chi connectivity index (χ4n) is 2.09. The number of hydrogen-bond donors (Lipinski definition) is 0. The average Bonchev–Trinajstić information content (AvgIpc) is 2.36. The Labute approximate surface area is 123 Å². The third kappa shape index (κ3) is 4.09. The van der Waals surface area contributed by atoms with Crippen molar-refractivity contribution in [2.45, 2.75) is 17.9 Å². The van der Waals surface area contributed by atoms with Crippen molar-refractivity contribution < 1.29 is 17.9 Å². The first-order valence-electron chi connectivity index (χ1n) is 6.34. The number of morpholine rings is 1. The Bertz CT molecular complexity index is 576. The molecule has 0 N–H and O–H groups in total. The molecule has 0 bridgehead atoms. The summed E-state index contributed by atoms with van der Waals surface area (Å²) < 4.78 is 33.8. The van der Waals surface area contributed by atoms with E-state index in [0.717, 1.165) is 18.7 Å². The molecule has 0 spiro atoms. The van der Waals surface area contributed by atoms with Crippen molar-refractivity contribution in [3.05, 3.63) is 23.8 Å². The van der Waals surface area contributed by atoms with Gasteiger partial charge in [0.05, 0.1) is 11.5 Å². The molecule has 1 fully saturated rings. The second kappa shape index (κ2) is 6.30. The van der Waals surface area contributed by atoms with Gasteiger partial charge in [-0.15, -0.1) is 0 Å². The lowest BCUT2D eigenvalue weighted by molar-refractivity contribution is -0.0404. The third-order valence-corrected chi connectivity index (χ3v) is 4.55. The Kier molecular flexibility index (Phi) is 4.90. The number of likely N-dealkylation sites (N-methyl/N-ethyl adjacent to an activating group) is 1.